The highest BCUT2D eigenvalue weighted by atomic mass is 15.3. The lowest BCUT2D eigenvalue weighted by Crippen LogP contribution is -2.61. The Kier molecular flexibility index (Phi) is 7.01. The molecular formula is C19H38N2. The molecular weight excluding hydrogens is 256 g/mol. The highest BCUT2D eigenvalue weighted by molar-refractivity contribution is 4.92. The summed E-state index contributed by atoms with van der Waals surface area (Å²) in [6, 6.07) is 2.32. The van der Waals surface area contributed by atoms with Gasteiger partial charge >= 0.3 is 0 Å². The van der Waals surface area contributed by atoms with Gasteiger partial charge in [-0.3, -0.25) is 4.90 Å². The second kappa shape index (κ2) is 8.53. The van der Waals surface area contributed by atoms with E-state index in [0.29, 0.717) is 6.04 Å². The van der Waals surface area contributed by atoms with Crippen LogP contribution in [0.1, 0.15) is 79.1 Å². The standard InChI is InChI=1S/C19H38N2/c1-15(2)12-17-14-21(19(13-20-17)16(3)4)18-10-8-6-5-7-9-11-18/h15-20H,5-14H2,1-4H3. The van der Waals surface area contributed by atoms with E-state index in [4.69, 9.17) is 0 Å². The molecule has 21 heavy (non-hydrogen) atoms. The Morgan fingerprint density at radius 1 is 0.952 bits per heavy atom. The number of rotatable bonds is 4. The fourth-order valence-corrected chi connectivity index (χ4v) is 4.39. The van der Waals surface area contributed by atoms with Crippen LogP contribution >= 0.6 is 0 Å². The lowest BCUT2D eigenvalue weighted by molar-refractivity contribution is 0.0398. The zero-order chi connectivity index (χ0) is 15.2. The van der Waals surface area contributed by atoms with Crippen LogP contribution in [0.25, 0.3) is 0 Å². The van der Waals surface area contributed by atoms with Crippen molar-refractivity contribution in [3.05, 3.63) is 0 Å². The average Bonchev–Trinajstić information content (AvgIpc) is 2.37. The molecule has 1 aliphatic heterocycles. The first kappa shape index (κ1) is 17.3. The lowest BCUT2D eigenvalue weighted by atomic mass is 9.89. The first-order valence-electron chi connectivity index (χ1n) is 9.57. The molecule has 1 N–H and O–H groups in total. The molecule has 0 spiro atoms. The van der Waals surface area contributed by atoms with E-state index in [9.17, 15) is 0 Å². The summed E-state index contributed by atoms with van der Waals surface area (Å²) in [6.45, 7) is 12.0. The molecule has 1 saturated heterocycles. The van der Waals surface area contributed by atoms with Gasteiger partial charge in [-0.1, -0.05) is 59.8 Å². The minimum atomic E-state index is 0.713. The second-order valence-corrected chi connectivity index (χ2v) is 8.24. The molecule has 2 aliphatic rings. The van der Waals surface area contributed by atoms with Crippen LogP contribution in [0.2, 0.25) is 0 Å². The van der Waals surface area contributed by atoms with Crippen LogP contribution in [0.15, 0.2) is 0 Å². The Bertz CT molecular complexity index is 279. The van der Waals surface area contributed by atoms with Gasteiger partial charge in [0.15, 0.2) is 0 Å². The summed E-state index contributed by atoms with van der Waals surface area (Å²) in [5.74, 6) is 1.57. The van der Waals surface area contributed by atoms with E-state index in [1.807, 2.05) is 0 Å². The van der Waals surface area contributed by atoms with Crippen LogP contribution in [-0.2, 0) is 0 Å². The van der Waals surface area contributed by atoms with E-state index in [1.54, 1.807) is 0 Å². The van der Waals surface area contributed by atoms with Crippen LogP contribution in [0.4, 0.5) is 0 Å². The van der Waals surface area contributed by atoms with Gasteiger partial charge in [0.2, 0.25) is 0 Å². The summed E-state index contributed by atoms with van der Waals surface area (Å²) >= 11 is 0. The summed E-state index contributed by atoms with van der Waals surface area (Å²) in [5.41, 5.74) is 0. The largest absolute Gasteiger partial charge is 0.311 e. The van der Waals surface area contributed by atoms with Crippen molar-refractivity contribution in [2.75, 3.05) is 13.1 Å². The molecule has 2 nitrogen and oxygen atoms in total. The predicted octanol–water partition coefficient (Wildman–Crippen LogP) is 4.44. The van der Waals surface area contributed by atoms with E-state index >= 15 is 0 Å². The molecule has 124 valence electrons. The van der Waals surface area contributed by atoms with E-state index in [0.717, 1.165) is 23.9 Å². The van der Waals surface area contributed by atoms with Crippen molar-refractivity contribution in [3.63, 3.8) is 0 Å². The van der Waals surface area contributed by atoms with Gasteiger partial charge < -0.3 is 5.32 Å². The van der Waals surface area contributed by atoms with E-state index in [2.05, 4.69) is 37.9 Å². The summed E-state index contributed by atoms with van der Waals surface area (Å²) in [6.07, 6.45) is 11.5. The molecule has 1 heterocycles. The van der Waals surface area contributed by atoms with Crippen molar-refractivity contribution in [1.82, 2.24) is 10.2 Å². The second-order valence-electron chi connectivity index (χ2n) is 8.24. The summed E-state index contributed by atoms with van der Waals surface area (Å²) in [4.78, 5) is 2.92. The number of hydrogen-bond acceptors (Lipinski definition) is 2. The van der Waals surface area contributed by atoms with Gasteiger partial charge in [0, 0.05) is 31.2 Å². The third kappa shape index (κ3) is 5.25. The minimum Gasteiger partial charge on any atom is -0.311 e. The predicted molar refractivity (Wildman–Crippen MR) is 92.7 cm³/mol. The molecule has 1 saturated carbocycles. The summed E-state index contributed by atoms with van der Waals surface area (Å²) < 4.78 is 0. The zero-order valence-electron chi connectivity index (χ0n) is 14.9. The van der Waals surface area contributed by atoms with E-state index in [-0.39, 0.29) is 0 Å². The maximum absolute atomic E-state index is 3.84. The lowest BCUT2D eigenvalue weighted by Gasteiger charge is -2.47. The smallest absolute Gasteiger partial charge is 0.0247 e. The fourth-order valence-electron chi connectivity index (χ4n) is 4.39. The van der Waals surface area contributed by atoms with Crippen LogP contribution in [-0.4, -0.2) is 36.1 Å². The summed E-state index contributed by atoms with van der Waals surface area (Å²) in [5, 5.41) is 3.84. The highest BCUT2D eigenvalue weighted by Gasteiger charge is 2.34. The fraction of sp³-hybridized carbons (Fsp3) is 1.00. The zero-order valence-corrected chi connectivity index (χ0v) is 14.9. The normalized spacial score (nSPS) is 30.6. The van der Waals surface area contributed by atoms with E-state index in [1.165, 1.54) is 64.5 Å². The summed E-state index contributed by atoms with van der Waals surface area (Å²) in [7, 11) is 0. The van der Waals surface area contributed by atoms with Crippen molar-refractivity contribution in [2.24, 2.45) is 11.8 Å². The van der Waals surface area contributed by atoms with Crippen LogP contribution < -0.4 is 5.32 Å². The Morgan fingerprint density at radius 2 is 1.57 bits per heavy atom. The third-order valence-corrected chi connectivity index (χ3v) is 5.54. The number of nitrogens with zero attached hydrogens (tertiary/aromatic N) is 1. The van der Waals surface area contributed by atoms with Gasteiger partial charge in [-0.25, -0.2) is 0 Å². The maximum atomic E-state index is 3.84. The topological polar surface area (TPSA) is 15.3 Å². The molecule has 2 atom stereocenters. The van der Waals surface area contributed by atoms with Crippen LogP contribution in [0.3, 0.4) is 0 Å². The molecule has 2 unspecified atom stereocenters. The van der Waals surface area contributed by atoms with Gasteiger partial charge in [-0.2, -0.15) is 0 Å². The van der Waals surface area contributed by atoms with Gasteiger partial charge in [0.1, 0.15) is 0 Å². The first-order valence-corrected chi connectivity index (χ1v) is 9.57. The molecule has 2 heteroatoms. The molecule has 2 fully saturated rings. The van der Waals surface area contributed by atoms with Gasteiger partial charge in [0.25, 0.3) is 0 Å². The quantitative estimate of drug-likeness (QED) is 0.824. The Morgan fingerprint density at radius 3 is 2.14 bits per heavy atom. The minimum absolute atomic E-state index is 0.713. The van der Waals surface area contributed by atoms with Crippen LogP contribution in [0.5, 0.6) is 0 Å². The van der Waals surface area contributed by atoms with Crippen molar-refractivity contribution in [2.45, 2.75) is 97.2 Å². The van der Waals surface area contributed by atoms with Crippen molar-refractivity contribution >= 4 is 0 Å². The highest BCUT2D eigenvalue weighted by Crippen LogP contribution is 2.27. The van der Waals surface area contributed by atoms with Crippen LogP contribution in [0, 0.1) is 11.8 Å². The SMILES string of the molecule is CC(C)CC1CN(C2CCCCCCC2)C(C(C)C)CN1. The average molecular weight is 295 g/mol. The molecule has 2 rings (SSSR count). The Labute approximate surface area is 133 Å². The molecule has 1 aliphatic carbocycles. The first-order chi connectivity index (χ1) is 10.1. The monoisotopic (exact) mass is 294 g/mol. The molecule has 0 aromatic rings. The molecule has 0 bridgehead atoms. The van der Waals surface area contributed by atoms with Crippen molar-refractivity contribution in [3.8, 4) is 0 Å². The maximum Gasteiger partial charge on any atom is 0.0247 e. The van der Waals surface area contributed by atoms with Gasteiger partial charge in [-0.05, 0) is 31.1 Å². The molecule has 0 amide bonds. The number of piperazine rings is 1. The number of hydrogen-bond donors (Lipinski definition) is 1. The molecule has 0 radical (unpaired) electrons. The molecule has 0 aromatic heterocycles. The Balaban J connectivity index is 2.01. The third-order valence-electron chi connectivity index (χ3n) is 5.54. The number of nitrogens with one attached hydrogen (secondary N) is 1. The van der Waals surface area contributed by atoms with Gasteiger partial charge in [-0.15, -0.1) is 0 Å². The van der Waals surface area contributed by atoms with Crippen molar-refractivity contribution < 1.29 is 0 Å². The van der Waals surface area contributed by atoms with E-state index < -0.39 is 0 Å². The Hall–Kier alpha value is -0.0800. The molecule has 0 aromatic carbocycles. The van der Waals surface area contributed by atoms with Gasteiger partial charge in [0.05, 0.1) is 0 Å². The van der Waals surface area contributed by atoms with Crippen molar-refractivity contribution in [1.29, 1.82) is 0 Å².